The lowest BCUT2D eigenvalue weighted by Crippen LogP contribution is -2.45. The Hall–Kier alpha value is -2.67. The highest BCUT2D eigenvalue weighted by atomic mass is 16.5. The summed E-state index contributed by atoms with van der Waals surface area (Å²) in [5.74, 6) is 0.0356. The van der Waals surface area contributed by atoms with Crippen molar-refractivity contribution in [2.24, 2.45) is 5.92 Å². The fourth-order valence-electron chi connectivity index (χ4n) is 4.16. The SMILES string of the molecule is Cc1cc(C)n(-c2ccc(NC(=O)C3CCN(C(=O)[C@@H]4CCCO4)CC3)cc2)n1. The van der Waals surface area contributed by atoms with Crippen LogP contribution in [0.3, 0.4) is 0 Å². The number of rotatable bonds is 4. The number of likely N-dealkylation sites (tertiary alicyclic amines) is 1. The van der Waals surface area contributed by atoms with E-state index < -0.39 is 0 Å². The van der Waals surface area contributed by atoms with Crippen LogP contribution in [0.5, 0.6) is 0 Å². The van der Waals surface area contributed by atoms with Crippen LogP contribution in [0.4, 0.5) is 5.69 Å². The molecule has 154 valence electrons. The van der Waals surface area contributed by atoms with Gasteiger partial charge in [0.1, 0.15) is 6.10 Å². The van der Waals surface area contributed by atoms with Gasteiger partial charge in [0.25, 0.3) is 5.91 Å². The topological polar surface area (TPSA) is 76.5 Å². The molecule has 2 aromatic rings. The highest BCUT2D eigenvalue weighted by Crippen LogP contribution is 2.23. The maximum Gasteiger partial charge on any atom is 0.251 e. The van der Waals surface area contributed by atoms with Gasteiger partial charge < -0.3 is 15.0 Å². The van der Waals surface area contributed by atoms with Crippen molar-refractivity contribution in [3.8, 4) is 5.69 Å². The smallest absolute Gasteiger partial charge is 0.251 e. The standard InChI is InChI=1S/C22H28N4O3/c1-15-14-16(2)26(24-15)19-7-5-18(6-8-19)23-21(27)17-9-11-25(12-10-17)22(28)20-4-3-13-29-20/h5-8,14,17,20H,3-4,9-13H2,1-2H3,(H,23,27)/t20-/m0/s1. The number of hydrogen-bond donors (Lipinski definition) is 1. The molecule has 0 spiro atoms. The first-order valence-electron chi connectivity index (χ1n) is 10.4. The highest BCUT2D eigenvalue weighted by Gasteiger charge is 2.32. The van der Waals surface area contributed by atoms with Crippen molar-refractivity contribution in [2.75, 3.05) is 25.0 Å². The van der Waals surface area contributed by atoms with Gasteiger partial charge in [-0.2, -0.15) is 5.10 Å². The van der Waals surface area contributed by atoms with Gasteiger partial charge in [0.2, 0.25) is 5.91 Å². The molecule has 2 amide bonds. The molecule has 1 N–H and O–H groups in total. The Morgan fingerprint density at radius 2 is 1.83 bits per heavy atom. The molecule has 4 rings (SSSR count). The molecule has 29 heavy (non-hydrogen) atoms. The lowest BCUT2D eigenvalue weighted by molar-refractivity contribution is -0.143. The number of nitrogens with zero attached hydrogens (tertiary/aromatic N) is 3. The molecule has 1 aromatic carbocycles. The average molecular weight is 396 g/mol. The zero-order valence-electron chi connectivity index (χ0n) is 17.1. The number of carbonyl (C=O) groups excluding carboxylic acids is 2. The van der Waals surface area contributed by atoms with Crippen LogP contribution in [0, 0.1) is 19.8 Å². The van der Waals surface area contributed by atoms with Crippen LogP contribution >= 0.6 is 0 Å². The molecule has 0 radical (unpaired) electrons. The zero-order chi connectivity index (χ0) is 20.4. The predicted octanol–water partition coefficient (Wildman–Crippen LogP) is 2.85. The number of piperidine rings is 1. The second-order valence-corrected chi connectivity index (χ2v) is 7.98. The molecule has 7 heteroatoms. The van der Waals surface area contributed by atoms with Gasteiger partial charge in [-0.05, 0) is 69.9 Å². The average Bonchev–Trinajstić information content (AvgIpc) is 3.38. The predicted molar refractivity (Wildman–Crippen MR) is 110 cm³/mol. The molecule has 0 saturated carbocycles. The van der Waals surface area contributed by atoms with Gasteiger partial charge in [-0.15, -0.1) is 0 Å². The summed E-state index contributed by atoms with van der Waals surface area (Å²) in [6.07, 6.45) is 2.86. The first-order valence-corrected chi connectivity index (χ1v) is 10.4. The molecule has 2 aliphatic heterocycles. The van der Waals surface area contributed by atoms with Crippen LogP contribution in [-0.4, -0.2) is 52.3 Å². The summed E-state index contributed by atoms with van der Waals surface area (Å²) in [5.41, 5.74) is 3.79. The Balaban J connectivity index is 1.30. The van der Waals surface area contributed by atoms with E-state index in [0.29, 0.717) is 32.5 Å². The highest BCUT2D eigenvalue weighted by molar-refractivity contribution is 5.93. The third kappa shape index (κ3) is 4.34. The molecular weight excluding hydrogens is 368 g/mol. The zero-order valence-corrected chi connectivity index (χ0v) is 17.1. The van der Waals surface area contributed by atoms with E-state index >= 15 is 0 Å². The van der Waals surface area contributed by atoms with Gasteiger partial charge in [-0.3, -0.25) is 9.59 Å². The van der Waals surface area contributed by atoms with E-state index in [2.05, 4.69) is 10.4 Å². The first kappa shape index (κ1) is 19.6. The number of benzene rings is 1. The van der Waals surface area contributed by atoms with Crippen molar-refractivity contribution in [3.63, 3.8) is 0 Å². The number of anilines is 1. The monoisotopic (exact) mass is 396 g/mol. The minimum atomic E-state index is -0.277. The van der Waals surface area contributed by atoms with Gasteiger partial charge in [0.05, 0.1) is 11.4 Å². The molecule has 3 heterocycles. The third-order valence-corrected chi connectivity index (χ3v) is 5.77. The molecule has 0 aliphatic carbocycles. The number of aromatic nitrogens is 2. The van der Waals surface area contributed by atoms with Crippen LogP contribution in [0.15, 0.2) is 30.3 Å². The lowest BCUT2D eigenvalue weighted by Gasteiger charge is -2.32. The molecule has 1 atom stereocenters. The van der Waals surface area contributed by atoms with Gasteiger partial charge in [-0.25, -0.2) is 4.68 Å². The van der Waals surface area contributed by atoms with E-state index in [-0.39, 0.29) is 23.8 Å². The molecule has 2 saturated heterocycles. The Morgan fingerprint density at radius 3 is 2.41 bits per heavy atom. The Bertz CT molecular complexity index is 876. The number of nitrogens with one attached hydrogen (secondary N) is 1. The quantitative estimate of drug-likeness (QED) is 0.862. The van der Waals surface area contributed by atoms with Gasteiger partial charge in [-0.1, -0.05) is 0 Å². The molecule has 0 bridgehead atoms. The number of carbonyl (C=O) groups is 2. The van der Waals surface area contributed by atoms with E-state index in [9.17, 15) is 9.59 Å². The van der Waals surface area contributed by atoms with Crippen LogP contribution in [0.2, 0.25) is 0 Å². The van der Waals surface area contributed by atoms with Crippen molar-refractivity contribution in [3.05, 3.63) is 41.7 Å². The van der Waals surface area contributed by atoms with E-state index in [1.807, 2.05) is 53.8 Å². The largest absolute Gasteiger partial charge is 0.368 e. The maximum atomic E-state index is 12.7. The maximum absolute atomic E-state index is 12.7. The van der Waals surface area contributed by atoms with E-state index in [1.54, 1.807) is 0 Å². The van der Waals surface area contributed by atoms with Crippen molar-refractivity contribution < 1.29 is 14.3 Å². The summed E-state index contributed by atoms with van der Waals surface area (Å²) in [6, 6.07) is 9.75. The molecule has 0 unspecified atom stereocenters. The Morgan fingerprint density at radius 1 is 1.10 bits per heavy atom. The second-order valence-electron chi connectivity index (χ2n) is 7.98. The van der Waals surface area contributed by atoms with E-state index in [1.165, 1.54) is 0 Å². The summed E-state index contributed by atoms with van der Waals surface area (Å²) in [4.78, 5) is 26.9. The number of hydrogen-bond acceptors (Lipinski definition) is 4. The second kappa shape index (κ2) is 8.37. The number of ether oxygens (including phenoxy) is 1. The number of amides is 2. The van der Waals surface area contributed by atoms with Crippen molar-refractivity contribution >= 4 is 17.5 Å². The minimum absolute atomic E-state index is 0.0214. The van der Waals surface area contributed by atoms with Gasteiger partial charge in [0, 0.05) is 37.0 Å². The van der Waals surface area contributed by atoms with Crippen LogP contribution in [0.1, 0.15) is 37.1 Å². The van der Waals surface area contributed by atoms with E-state index in [0.717, 1.165) is 35.6 Å². The normalized spacial score (nSPS) is 20.1. The minimum Gasteiger partial charge on any atom is -0.368 e. The van der Waals surface area contributed by atoms with Crippen LogP contribution in [0.25, 0.3) is 5.69 Å². The number of aryl methyl sites for hydroxylation is 2. The molecule has 1 aromatic heterocycles. The summed E-state index contributed by atoms with van der Waals surface area (Å²) < 4.78 is 7.39. The van der Waals surface area contributed by atoms with Gasteiger partial charge >= 0.3 is 0 Å². The Kier molecular flexibility index (Phi) is 5.67. The summed E-state index contributed by atoms with van der Waals surface area (Å²) in [5, 5.41) is 7.50. The van der Waals surface area contributed by atoms with Gasteiger partial charge in [0.15, 0.2) is 0 Å². The van der Waals surface area contributed by atoms with Crippen molar-refractivity contribution in [1.29, 1.82) is 0 Å². The fourth-order valence-corrected chi connectivity index (χ4v) is 4.16. The first-order chi connectivity index (χ1) is 14.0. The summed E-state index contributed by atoms with van der Waals surface area (Å²) in [6.45, 7) is 5.90. The molecular formula is C22H28N4O3. The lowest BCUT2D eigenvalue weighted by atomic mass is 9.95. The van der Waals surface area contributed by atoms with Crippen molar-refractivity contribution in [2.45, 2.75) is 45.6 Å². The molecule has 2 aliphatic rings. The Labute approximate surface area is 171 Å². The van der Waals surface area contributed by atoms with E-state index in [4.69, 9.17) is 4.74 Å². The van der Waals surface area contributed by atoms with Crippen molar-refractivity contribution in [1.82, 2.24) is 14.7 Å². The summed E-state index contributed by atoms with van der Waals surface area (Å²) >= 11 is 0. The fraction of sp³-hybridized carbons (Fsp3) is 0.500. The van der Waals surface area contributed by atoms with Crippen LogP contribution in [-0.2, 0) is 14.3 Å². The third-order valence-electron chi connectivity index (χ3n) is 5.77. The molecule has 2 fully saturated rings. The molecule has 7 nitrogen and oxygen atoms in total. The van der Waals surface area contributed by atoms with Crippen LogP contribution < -0.4 is 5.32 Å². The summed E-state index contributed by atoms with van der Waals surface area (Å²) in [7, 11) is 0.